The van der Waals surface area contributed by atoms with Crippen molar-refractivity contribution >= 4 is 5.91 Å². The molecule has 1 fully saturated rings. The van der Waals surface area contributed by atoms with Crippen molar-refractivity contribution in [3.63, 3.8) is 0 Å². The average Bonchev–Trinajstić information content (AvgIpc) is 2.86. The number of rotatable bonds is 3. The highest BCUT2D eigenvalue weighted by Crippen LogP contribution is 2.29. The molecule has 0 unspecified atom stereocenters. The Kier molecular flexibility index (Phi) is 4.69. The highest BCUT2D eigenvalue weighted by Gasteiger charge is 2.29. The van der Waals surface area contributed by atoms with E-state index in [1.807, 2.05) is 18.7 Å². The molecule has 0 bridgehead atoms. The molecule has 2 rings (SSSR count). The van der Waals surface area contributed by atoms with Crippen molar-refractivity contribution in [3.05, 3.63) is 11.8 Å². The smallest absolute Gasteiger partial charge is 0.223 e. The summed E-state index contributed by atoms with van der Waals surface area (Å²) in [7, 11) is 0. The van der Waals surface area contributed by atoms with Gasteiger partial charge < -0.3 is 9.32 Å². The molecule has 1 aliphatic heterocycles. The van der Waals surface area contributed by atoms with Crippen LogP contribution in [-0.2, 0) is 4.79 Å². The van der Waals surface area contributed by atoms with Gasteiger partial charge in [0.1, 0.15) is 0 Å². The fraction of sp³-hybridized carbons (Fsp3) is 0.812. The minimum absolute atomic E-state index is 0.0482. The van der Waals surface area contributed by atoms with Gasteiger partial charge in [-0.2, -0.15) is 0 Å². The number of amides is 1. The van der Waals surface area contributed by atoms with Gasteiger partial charge in [-0.1, -0.05) is 34.6 Å². The van der Waals surface area contributed by atoms with Crippen molar-refractivity contribution in [3.8, 4) is 0 Å². The van der Waals surface area contributed by atoms with Crippen LogP contribution in [0.5, 0.6) is 0 Å². The van der Waals surface area contributed by atoms with Gasteiger partial charge in [0.2, 0.25) is 17.7 Å². The maximum absolute atomic E-state index is 12.2. The first kappa shape index (κ1) is 16.0. The van der Waals surface area contributed by atoms with Crippen LogP contribution < -0.4 is 0 Å². The van der Waals surface area contributed by atoms with Crippen LogP contribution in [0.2, 0.25) is 0 Å². The van der Waals surface area contributed by atoms with Crippen molar-refractivity contribution in [2.45, 2.75) is 65.7 Å². The molecule has 0 aliphatic carbocycles. The molecule has 2 heterocycles. The molecule has 1 aromatic rings. The van der Waals surface area contributed by atoms with Gasteiger partial charge in [0, 0.05) is 31.3 Å². The van der Waals surface area contributed by atoms with E-state index in [2.05, 4.69) is 31.0 Å². The van der Waals surface area contributed by atoms with Crippen LogP contribution in [0.4, 0.5) is 0 Å². The predicted molar refractivity (Wildman–Crippen MR) is 81.0 cm³/mol. The van der Waals surface area contributed by atoms with E-state index in [0.29, 0.717) is 18.2 Å². The number of nitrogens with zero attached hydrogens (tertiary/aromatic N) is 3. The Hall–Kier alpha value is -1.39. The molecule has 5 nitrogen and oxygen atoms in total. The number of piperidine rings is 1. The zero-order valence-corrected chi connectivity index (χ0v) is 13.8. The van der Waals surface area contributed by atoms with Crippen LogP contribution in [0.1, 0.15) is 77.5 Å². The number of aromatic nitrogens is 2. The van der Waals surface area contributed by atoms with E-state index in [-0.39, 0.29) is 17.2 Å². The largest absolute Gasteiger partial charge is 0.425 e. The topological polar surface area (TPSA) is 59.2 Å². The lowest BCUT2D eigenvalue weighted by Crippen LogP contribution is -2.39. The number of carbonyl (C=O) groups excluding carboxylic acids is 1. The number of carbonyl (C=O) groups is 1. The first-order valence-electron chi connectivity index (χ1n) is 7.87. The molecule has 118 valence electrons. The van der Waals surface area contributed by atoms with E-state index in [0.717, 1.165) is 31.8 Å². The van der Waals surface area contributed by atoms with Gasteiger partial charge in [-0.05, 0) is 18.3 Å². The Balaban J connectivity index is 1.89. The summed E-state index contributed by atoms with van der Waals surface area (Å²) < 4.78 is 5.74. The molecule has 0 N–H and O–H groups in total. The van der Waals surface area contributed by atoms with Crippen molar-refractivity contribution in [2.75, 3.05) is 13.1 Å². The van der Waals surface area contributed by atoms with E-state index < -0.39 is 0 Å². The fourth-order valence-electron chi connectivity index (χ4n) is 2.59. The molecule has 0 radical (unpaired) electrons. The molecule has 1 amide bonds. The van der Waals surface area contributed by atoms with Crippen LogP contribution in [0, 0.1) is 5.41 Å². The second-order valence-electron chi connectivity index (χ2n) is 7.53. The highest BCUT2D eigenvalue weighted by atomic mass is 16.4. The fourth-order valence-corrected chi connectivity index (χ4v) is 2.59. The second kappa shape index (κ2) is 6.16. The van der Waals surface area contributed by atoms with E-state index in [9.17, 15) is 4.79 Å². The molecule has 1 aromatic heterocycles. The molecule has 0 spiro atoms. The Bertz CT molecular complexity index is 480. The molecule has 0 aromatic carbocycles. The maximum atomic E-state index is 12.2. The van der Waals surface area contributed by atoms with E-state index in [1.54, 1.807) is 0 Å². The normalized spacial score (nSPS) is 17.5. The van der Waals surface area contributed by atoms with Crippen LogP contribution in [0.25, 0.3) is 0 Å². The first-order chi connectivity index (χ1) is 9.76. The zero-order chi connectivity index (χ0) is 15.6. The quantitative estimate of drug-likeness (QED) is 0.857. The lowest BCUT2D eigenvalue weighted by atomic mass is 9.90. The minimum atomic E-state index is 0.0482. The van der Waals surface area contributed by atoms with Gasteiger partial charge >= 0.3 is 0 Å². The van der Waals surface area contributed by atoms with Crippen LogP contribution in [0.3, 0.4) is 0 Å². The standard InChI is InChI=1S/C16H27N3O2/c1-11(2)14-17-18-15(21-14)12-6-8-19(9-7-12)13(20)10-16(3,4)5/h11-12H,6-10H2,1-5H3. The van der Waals surface area contributed by atoms with E-state index in [1.165, 1.54) is 0 Å². The first-order valence-corrected chi connectivity index (χ1v) is 7.87. The molecule has 0 saturated carbocycles. The minimum Gasteiger partial charge on any atom is -0.425 e. The summed E-state index contributed by atoms with van der Waals surface area (Å²) in [6, 6.07) is 0. The summed E-state index contributed by atoms with van der Waals surface area (Å²) in [5.41, 5.74) is 0.0482. The van der Waals surface area contributed by atoms with Gasteiger partial charge in [-0.15, -0.1) is 10.2 Å². The van der Waals surface area contributed by atoms with Crippen molar-refractivity contribution in [1.29, 1.82) is 0 Å². The van der Waals surface area contributed by atoms with Crippen molar-refractivity contribution < 1.29 is 9.21 Å². The lowest BCUT2D eigenvalue weighted by molar-refractivity contribution is -0.134. The molecule has 5 heteroatoms. The van der Waals surface area contributed by atoms with Gasteiger partial charge in [0.25, 0.3) is 0 Å². The van der Waals surface area contributed by atoms with Gasteiger partial charge in [0.15, 0.2) is 0 Å². The molecular weight excluding hydrogens is 266 g/mol. The molecule has 0 atom stereocenters. The summed E-state index contributed by atoms with van der Waals surface area (Å²) in [4.78, 5) is 14.2. The monoisotopic (exact) mass is 293 g/mol. The van der Waals surface area contributed by atoms with E-state index in [4.69, 9.17) is 4.42 Å². The van der Waals surface area contributed by atoms with Gasteiger partial charge in [-0.3, -0.25) is 4.79 Å². The van der Waals surface area contributed by atoms with Crippen molar-refractivity contribution in [1.82, 2.24) is 15.1 Å². The summed E-state index contributed by atoms with van der Waals surface area (Å²) in [6.07, 6.45) is 2.43. The second-order valence-corrected chi connectivity index (χ2v) is 7.53. The summed E-state index contributed by atoms with van der Waals surface area (Å²) in [5, 5.41) is 8.27. The SMILES string of the molecule is CC(C)c1nnc(C2CCN(C(=O)CC(C)(C)C)CC2)o1. The zero-order valence-electron chi connectivity index (χ0n) is 13.8. The van der Waals surface area contributed by atoms with Crippen molar-refractivity contribution in [2.24, 2.45) is 5.41 Å². The summed E-state index contributed by atoms with van der Waals surface area (Å²) in [6.45, 7) is 12.0. The number of hydrogen-bond donors (Lipinski definition) is 0. The number of likely N-dealkylation sites (tertiary alicyclic amines) is 1. The van der Waals surface area contributed by atoms with E-state index >= 15 is 0 Å². The van der Waals surface area contributed by atoms with Crippen LogP contribution in [0.15, 0.2) is 4.42 Å². The molecular formula is C16H27N3O2. The number of hydrogen-bond acceptors (Lipinski definition) is 4. The lowest BCUT2D eigenvalue weighted by Gasteiger charge is -2.32. The summed E-state index contributed by atoms with van der Waals surface area (Å²) in [5.74, 6) is 2.26. The molecule has 1 saturated heterocycles. The third-order valence-corrected chi connectivity index (χ3v) is 3.83. The molecule has 1 aliphatic rings. The van der Waals surface area contributed by atoms with Gasteiger partial charge in [-0.25, -0.2) is 0 Å². The Morgan fingerprint density at radius 1 is 1.29 bits per heavy atom. The van der Waals surface area contributed by atoms with Gasteiger partial charge in [0.05, 0.1) is 0 Å². The Labute approximate surface area is 127 Å². The third-order valence-electron chi connectivity index (χ3n) is 3.83. The Morgan fingerprint density at radius 2 is 1.90 bits per heavy atom. The maximum Gasteiger partial charge on any atom is 0.223 e. The molecule has 21 heavy (non-hydrogen) atoms. The predicted octanol–water partition coefficient (Wildman–Crippen LogP) is 3.34. The third kappa shape index (κ3) is 4.29. The average molecular weight is 293 g/mol. The van der Waals surface area contributed by atoms with Crippen LogP contribution in [-0.4, -0.2) is 34.1 Å². The Morgan fingerprint density at radius 3 is 2.38 bits per heavy atom. The highest BCUT2D eigenvalue weighted by molar-refractivity contribution is 5.76. The summed E-state index contributed by atoms with van der Waals surface area (Å²) >= 11 is 0. The van der Waals surface area contributed by atoms with Crippen LogP contribution >= 0.6 is 0 Å².